The van der Waals surface area contributed by atoms with Crippen molar-refractivity contribution in [2.75, 3.05) is 0 Å². The van der Waals surface area contributed by atoms with E-state index in [-0.39, 0.29) is 32.5 Å². The summed E-state index contributed by atoms with van der Waals surface area (Å²) in [5, 5.41) is 72.0. The van der Waals surface area contributed by atoms with Gasteiger partial charge in [0.15, 0.2) is 0 Å². The summed E-state index contributed by atoms with van der Waals surface area (Å²) >= 11 is 7.25. The molecule has 0 atom stereocenters. The lowest BCUT2D eigenvalue weighted by Crippen LogP contribution is -2.12. The van der Waals surface area contributed by atoms with Gasteiger partial charge in [-0.2, -0.15) is 31.6 Å². The van der Waals surface area contributed by atoms with Crippen LogP contribution in [0.3, 0.4) is 0 Å². The largest absolute Gasteiger partial charge is 0.192 e. The zero-order chi connectivity index (χ0) is 102. The minimum absolute atomic E-state index is 0.124. The first-order chi connectivity index (χ1) is 68.7. The minimum atomic E-state index is 0.124. The molecule has 10 heteroatoms. The highest BCUT2D eigenvalue weighted by molar-refractivity contribution is 7.27. The van der Waals surface area contributed by atoms with Crippen LogP contribution < -0.4 is 0 Å². The molecule has 18 aromatic carbocycles. The number of thiophene rings is 4. The molecule has 0 saturated heterocycles. The minimum Gasteiger partial charge on any atom is -0.192 e. The van der Waals surface area contributed by atoms with Gasteiger partial charge < -0.3 is 0 Å². The van der Waals surface area contributed by atoms with Crippen molar-refractivity contribution in [3.8, 4) is 92.0 Å². The van der Waals surface area contributed by atoms with Crippen LogP contribution in [0.15, 0.2) is 340 Å². The molecule has 6 nitrogen and oxygen atoms in total. The van der Waals surface area contributed by atoms with Gasteiger partial charge in [0.2, 0.25) is 0 Å². The highest BCUT2D eigenvalue weighted by atomic mass is 32.1. The second-order valence-corrected chi connectivity index (χ2v) is 47.9. The number of hydrogen-bond acceptors (Lipinski definition) is 10. The molecular formula is C134H116N6S4. The molecule has 4 aromatic heterocycles. The van der Waals surface area contributed by atoms with E-state index in [0.717, 1.165) is 54.9 Å². The average Bonchev–Trinajstić information content (AvgIpc) is 1.62. The molecule has 144 heavy (non-hydrogen) atoms. The van der Waals surface area contributed by atoms with Crippen molar-refractivity contribution in [2.24, 2.45) is 0 Å². The van der Waals surface area contributed by atoms with Crippen molar-refractivity contribution in [2.45, 2.75) is 171 Å². The van der Waals surface area contributed by atoms with Crippen LogP contribution in [-0.4, -0.2) is 0 Å². The number of benzene rings is 18. The van der Waals surface area contributed by atoms with E-state index in [1.54, 1.807) is 22.7 Å². The lowest BCUT2D eigenvalue weighted by Gasteiger charge is -2.22. The lowest BCUT2D eigenvalue weighted by molar-refractivity contribution is 0.586. The quantitative estimate of drug-likeness (QED) is 0.168. The van der Waals surface area contributed by atoms with E-state index >= 15 is 0 Å². The Morgan fingerprint density at radius 3 is 1.00 bits per heavy atom. The Hall–Kier alpha value is -15.4. The van der Waals surface area contributed by atoms with Gasteiger partial charge in [0.1, 0.15) is 0 Å². The number of nitriles is 6. The molecule has 0 saturated carbocycles. The van der Waals surface area contributed by atoms with Crippen molar-refractivity contribution in [3.63, 3.8) is 0 Å². The Balaban J connectivity index is 0.000000119. The second-order valence-electron chi connectivity index (χ2n) is 43.6. The van der Waals surface area contributed by atoms with E-state index in [2.05, 4.69) is 393 Å². The molecule has 22 rings (SSSR count). The topological polar surface area (TPSA) is 143 Å². The predicted octanol–water partition coefficient (Wildman–Crippen LogP) is 39.0. The molecule has 706 valence electrons. The number of hydrogen-bond donors (Lipinski definition) is 0. The zero-order valence-electron chi connectivity index (χ0n) is 85.6. The summed E-state index contributed by atoms with van der Waals surface area (Å²) in [6.07, 6.45) is 0. The Kier molecular flexibility index (Phi) is 28.2. The normalized spacial score (nSPS) is 11.7. The summed E-state index contributed by atoms with van der Waals surface area (Å²) in [4.78, 5) is 0. The molecule has 0 aliphatic carbocycles. The summed E-state index contributed by atoms with van der Waals surface area (Å²) in [7, 11) is 0. The van der Waals surface area contributed by atoms with Gasteiger partial charge in [-0.15, -0.1) is 45.3 Å². The maximum atomic E-state index is 9.45. The molecule has 0 radical (unpaired) electrons. The third kappa shape index (κ3) is 21.2. The van der Waals surface area contributed by atoms with Crippen LogP contribution >= 0.6 is 45.3 Å². The summed E-state index contributed by atoms with van der Waals surface area (Å²) in [6.45, 7) is 44.9. The molecule has 0 spiro atoms. The summed E-state index contributed by atoms with van der Waals surface area (Å²) in [5.74, 6) is 0. The molecule has 4 heterocycles. The van der Waals surface area contributed by atoms with Crippen molar-refractivity contribution in [1.82, 2.24) is 0 Å². The van der Waals surface area contributed by atoms with E-state index in [4.69, 9.17) is 21.0 Å². The fourth-order valence-electron chi connectivity index (χ4n) is 19.4. The predicted molar refractivity (Wildman–Crippen MR) is 620 cm³/mol. The number of fused-ring (bicyclic) bond motifs is 15. The van der Waals surface area contributed by atoms with Crippen molar-refractivity contribution >= 4 is 158 Å². The van der Waals surface area contributed by atoms with Gasteiger partial charge in [-0.05, 0) is 271 Å². The molecule has 0 aliphatic rings. The van der Waals surface area contributed by atoms with Gasteiger partial charge in [-0.1, -0.05) is 361 Å². The Bertz CT molecular complexity index is 9030. The van der Waals surface area contributed by atoms with Crippen LogP contribution in [0.4, 0.5) is 0 Å². The van der Waals surface area contributed by atoms with Crippen LogP contribution in [-0.2, 0) is 32.5 Å². The lowest BCUT2D eigenvalue weighted by atomic mass is 9.82. The summed E-state index contributed by atoms with van der Waals surface area (Å²) in [5.41, 5.74) is 27.9. The highest BCUT2D eigenvalue weighted by Crippen LogP contribution is 2.47. The Morgan fingerprint density at radius 2 is 0.514 bits per heavy atom. The van der Waals surface area contributed by atoms with E-state index in [0.29, 0.717) is 11.1 Å². The van der Waals surface area contributed by atoms with Crippen molar-refractivity contribution < 1.29 is 0 Å². The fourth-order valence-corrected chi connectivity index (χ4v) is 24.1. The first-order valence-corrected chi connectivity index (χ1v) is 52.2. The number of rotatable bonds is 5. The van der Waals surface area contributed by atoms with Gasteiger partial charge in [-0.25, -0.2) is 0 Å². The molecular weight excluding hydrogens is 1820 g/mol. The molecule has 0 amide bonds. The third-order valence-corrected chi connectivity index (χ3v) is 31.7. The van der Waals surface area contributed by atoms with Crippen LogP contribution in [0, 0.1) is 81.8 Å². The molecule has 0 fully saturated rings. The summed E-state index contributed by atoms with van der Waals surface area (Å²) in [6, 6.07) is 132. The van der Waals surface area contributed by atoms with Crippen LogP contribution in [0.2, 0.25) is 0 Å². The molecule has 0 unspecified atom stereocenters. The van der Waals surface area contributed by atoms with Crippen molar-refractivity contribution in [1.29, 1.82) is 31.6 Å². The fraction of sp³-hybridized carbons (Fsp3) is 0.194. The van der Waals surface area contributed by atoms with Crippen LogP contribution in [0.1, 0.15) is 203 Å². The molecule has 22 aromatic rings. The van der Waals surface area contributed by atoms with Crippen LogP contribution in [0.5, 0.6) is 0 Å². The first-order valence-electron chi connectivity index (χ1n) is 49.0. The van der Waals surface area contributed by atoms with Gasteiger partial charge in [-0.3, -0.25) is 0 Å². The number of aryl methyl sites for hydroxylation is 2. The van der Waals surface area contributed by atoms with Gasteiger partial charge in [0.25, 0.3) is 0 Å². The van der Waals surface area contributed by atoms with E-state index in [1.807, 2.05) is 144 Å². The van der Waals surface area contributed by atoms with Crippen molar-refractivity contribution in [3.05, 3.63) is 418 Å². The molecule has 0 bridgehead atoms. The maximum Gasteiger partial charge on any atom is 0.0998 e. The standard InChI is InChI=1S/C29H27N.C25H21N.2C23H19NS.2C17H15NS/c1-19-16-22(26-14-11-23(18-30)25-8-6-7-9-27(25)26)10-13-24(19)21-12-15-28(20(2)17-21)29(3,4)5;1-25(2,3)21-13-12-17-14-19(11-10-18(17)15-21)22-7-5-8-23-20(16-26)6-4-9-24(22)23;1-23(2,3)18-9-11-20-19-10-8-17(12-21(19)25-22(20)13-18)16-6-4-15(14-24)5-7-16;1-23(2,3)19-5-4-6-20-22(19)18-12-11-17(13-21(18)25-20)16-9-7-15(14-24)8-10-16;1-17(2,3)12-5-7-14-13-6-4-11(10-18)8-15(13)19-16(14)9-12;1-17(2,3)13-5-4-6-14-16(13)12-8-7-11(10-18)9-15(12)19-14/h6-17H,1-5H3;4-15H,1-3H3;2*4-13H,1-3H3;2*4-9H,1-3H3. The Morgan fingerprint density at radius 1 is 0.188 bits per heavy atom. The van der Waals surface area contributed by atoms with E-state index in [1.165, 1.54) is 180 Å². The zero-order valence-corrected chi connectivity index (χ0v) is 88.9. The van der Waals surface area contributed by atoms with Gasteiger partial charge in [0.05, 0.1) is 69.8 Å². The van der Waals surface area contributed by atoms with E-state index in [9.17, 15) is 10.5 Å². The maximum absolute atomic E-state index is 9.45. The third-order valence-electron chi connectivity index (χ3n) is 27.2. The second kappa shape index (κ2) is 40.5. The molecule has 0 aliphatic heterocycles. The SMILES string of the molecule is CC(C)(C)c1ccc2c(c1)sc1cc(-c3ccc(C#N)cc3)ccc12.CC(C)(C)c1ccc2c(c1)sc1cc(C#N)ccc12.CC(C)(C)c1ccc2cc(-c3cccc4c(C#N)cccc34)ccc2c1.CC(C)(C)c1cccc2sc3cc(-c4ccc(C#N)cc4)ccc3c12.CC(C)(C)c1cccc2sc3cc(C#N)ccc3c12.Cc1cc(-c2ccc(C#N)c3ccccc23)ccc1-c1ccc(C(C)(C)C)c(C)c1. The van der Waals surface area contributed by atoms with Gasteiger partial charge in [0, 0.05) is 91.5 Å². The number of nitrogens with zero attached hydrogens (tertiary/aromatic N) is 6. The monoisotopic (exact) mass is 1940 g/mol. The van der Waals surface area contributed by atoms with Gasteiger partial charge >= 0.3 is 0 Å². The highest BCUT2D eigenvalue weighted by Gasteiger charge is 2.26. The van der Waals surface area contributed by atoms with E-state index < -0.39 is 0 Å². The smallest absolute Gasteiger partial charge is 0.0998 e. The Labute approximate surface area is 863 Å². The average molecular weight is 1940 g/mol. The summed E-state index contributed by atoms with van der Waals surface area (Å²) < 4.78 is 10.3. The first kappa shape index (κ1) is 100. The van der Waals surface area contributed by atoms with Crippen LogP contribution in [0.25, 0.3) is 169 Å². The molecule has 0 N–H and O–H groups in total.